The van der Waals surface area contributed by atoms with E-state index in [1.54, 1.807) is 0 Å². The van der Waals surface area contributed by atoms with Gasteiger partial charge in [-0.3, -0.25) is 13.8 Å². The van der Waals surface area contributed by atoms with Crippen molar-refractivity contribution in [3.8, 4) is 5.75 Å². The van der Waals surface area contributed by atoms with Gasteiger partial charge >= 0.3 is 7.82 Å². The van der Waals surface area contributed by atoms with Gasteiger partial charge < -0.3 is 29.7 Å². The van der Waals surface area contributed by atoms with Gasteiger partial charge in [0.25, 0.3) is 11.8 Å². The summed E-state index contributed by atoms with van der Waals surface area (Å²) in [5, 5.41) is 22.5. The van der Waals surface area contributed by atoms with Crippen LogP contribution in [-0.4, -0.2) is 51.8 Å². The van der Waals surface area contributed by atoms with Crippen molar-refractivity contribution >= 4 is 13.7 Å². The summed E-state index contributed by atoms with van der Waals surface area (Å²) in [6, 6.07) is 2.96. The Kier molecular flexibility index (Phi) is 4.47. The van der Waals surface area contributed by atoms with Crippen molar-refractivity contribution in [1.29, 1.82) is 0 Å². The van der Waals surface area contributed by atoms with Crippen LogP contribution in [0, 0.1) is 5.82 Å². The number of carbonyl (C=O) groups excluding carboxylic acids is 1. The zero-order valence-corrected chi connectivity index (χ0v) is 16.1. The van der Waals surface area contributed by atoms with Crippen LogP contribution in [-0.2, 0) is 29.8 Å². The maximum Gasteiger partial charge on any atom is 0.530 e. The van der Waals surface area contributed by atoms with Crippen LogP contribution in [0.25, 0.3) is 0 Å². The quantitative estimate of drug-likeness (QED) is 0.562. The lowest BCUT2D eigenvalue weighted by Crippen LogP contribution is -2.47. The van der Waals surface area contributed by atoms with E-state index in [0.717, 1.165) is 18.2 Å². The molecule has 1 unspecified atom stereocenters. The number of amides is 1. The van der Waals surface area contributed by atoms with Gasteiger partial charge in [0.2, 0.25) is 5.83 Å². The molecule has 1 aromatic carbocycles. The summed E-state index contributed by atoms with van der Waals surface area (Å²) in [4.78, 5) is 11.7. The zero-order valence-electron chi connectivity index (χ0n) is 18.3. The molecule has 14 heteroatoms. The summed E-state index contributed by atoms with van der Waals surface area (Å²) < 4.78 is 98.9. The van der Waals surface area contributed by atoms with Gasteiger partial charge in [0, 0.05) is 11.8 Å². The molecule has 1 aromatic rings. The van der Waals surface area contributed by atoms with Crippen LogP contribution in [0.5, 0.6) is 5.75 Å². The lowest BCUT2D eigenvalue weighted by Gasteiger charge is -2.33. The van der Waals surface area contributed by atoms with Crippen LogP contribution in [0.1, 0.15) is 9.68 Å². The Hall–Kier alpha value is -2.41. The molecule has 0 aromatic heterocycles. The van der Waals surface area contributed by atoms with Gasteiger partial charge in [-0.2, -0.15) is 4.39 Å². The van der Waals surface area contributed by atoms with E-state index in [-0.39, 0.29) is 11.3 Å². The molecule has 0 aliphatic carbocycles. The Morgan fingerprint density at radius 2 is 2.23 bits per heavy atom. The van der Waals surface area contributed by atoms with Crippen molar-refractivity contribution in [3.05, 3.63) is 54.0 Å². The van der Waals surface area contributed by atoms with E-state index in [1.165, 1.54) is 0 Å². The molecule has 1 fully saturated rings. The third-order valence-electron chi connectivity index (χ3n) is 4.34. The highest BCUT2D eigenvalue weighted by Crippen LogP contribution is 2.55. The number of rotatable bonds is 4. The number of benzene rings is 1. The third-order valence-corrected chi connectivity index (χ3v) is 5.52. The Morgan fingerprint density at radius 1 is 1.48 bits per heavy atom. The van der Waals surface area contributed by atoms with E-state index in [4.69, 9.17) is 17.9 Å². The molecule has 0 radical (unpaired) electrons. The fraction of sp³-hybridized carbons (Fsp3) is 0.353. The second-order valence-corrected chi connectivity index (χ2v) is 8.00. The fourth-order valence-electron chi connectivity index (χ4n) is 2.79. The van der Waals surface area contributed by atoms with Crippen molar-refractivity contribution in [1.82, 2.24) is 10.2 Å². The van der Waals surface area contributed by atoms with Crippen LogP contribution in [0.4, 0.5) is 13.2 Å². The highest BCUT2D eigenvalue weighted by Gasteiger charge is 2.58. The molecule has 3 heterocycles. The van der Waals surface area contributed by atoms with Gasteiger partial charge in [0.1, 0.15) is 36.2 Å². The number of alkyl halides is 1. The lowest BCUT2D eigenvalue weighted by atomic mass is 10.1. The summed E-state index contributed by atoms with van der Waals surface area (Å²) in [7, 11) is -4.96. The largest absolute Gasteiger partial charge is 0.530 e. The number of aliphatic hydroxyl groups excluding tert-OH is 2. The SMILES string of the molecule is [2H]C([2H])(OP1(=O)OCc2cc(F)ccc2O1)[C@@]1(F)O[C@@]([2H])(N2C=C(F)C(=O)NC2=C)[C@H](O)[C@@H]1O. The number of halogens is 3. The minimum atomic E-state index is -4.96. The normalized spacial score (nSPS) is 39.6. The molecule has 168 valence electrons. The van der Waals surface area contributed by atoms with Crippen molar-refractivity contribution in [2.45, 2.75) is 30.9 Å². The molecule has 5 atom stereocenters. The number of carbonyl (C=O) groups is 1. The molecule has 3 N–H and O–H groups in total. The Balaban J connectivity index is 1.63. The molecule has 1 saturated heterocycles. The first-order valence-corrected chi connectivity index (χ1v) is 9.93. The highest BCUT2D eigenvalue weighted by molar-refractivity contribution is 7.49. The molecular weight excluding hydrogens is 448 g/mol. The minimum Gasteiger partial charge on any atom is -0.404 e. The molecule has 0 saturated carbocycles. The Labute approximate surface area is 177 Å². The molecule has 3 aliphatic heterocycles. The lowest BCUT2D eigenvalue weighted by molar-refractivity contribution is -0.208. The number of aliphatic hydroxyl groups is 2. The van der Waals surface area contributed by atoms with E-state index < -0.39 is 68.6 Å². The number of nitrogens with zero attached hydrogens (tertiary/aromatic N) is 1. The van der Waals surface area contributed by atoms with E-state index in [9.17, 15) is 28.4 Å². The molecule has 0 bridgehead atoms. The number of hydrogen-bond donors (Lipinski definition) is 3. The first-order chi connectivity index (χ1) is 15.6. The van der Waals surface area contributed by atoms with Gasteiger partial charge in [0.15, 0.2) is 6.20 Å². The summed E-state index contributed by atoms with van der Waals surface area (Å²) in [6.45, 7) is -1.20. The van der Waals surface area contributed by atoms with Gasteiger partial charge in [-0.05, 0) is 18.2 Å². The number of fused-ring (bicyclic) bond motifs is 1. The van der Waals surface area contributed by atoms with Gasteiger partial charge in [0.05, 0.1) is 10.7 Å². The maximum absolute atomic E-state index is 15.8. The molecule has 0 spiro atoms. The van der Waals surface area contributed by atoms with E-state index in [0.29, 0.717) is 11.1 Å². The smallest absolute Gasteiger partial charge is 0.404 e. The number of phosphoric acid groups is 1. The van der Waals surface area contributed by atoms with Crippen LogP contribution < -0.4 is 9.84 Å². The Morgan fingerprint density at radius 3 is 2.97 bits per heavy atom. The van der Waals surface area contributed by atoms with E-state index in [2.05, 4.69) is 11.1 Å². The second-order valence-electron chi connectivity index (χ2n) is 6.48. The van der Waals surface area contributed by atoms with Gasteiger partial charge in [-0.15, -0.1) is 0 Å². The summed E-state index contributed by atoms with van der Waals surface area (Å²) >= 11 is 0. The summed E-state index contributed by atoms with van der Waals surface area (Å²) in [5.74, 6) is -8.35. The van der Waals surface area contributed by atoms with Crippen molar-refractivity contribution in [2.75, 3.05) is 6.56 Å². The fourth-order valence-corrected chi connectivity index (χ4v) is 3.88. The van der Waals surface area contributed by atoms with E-state index >= 15 is 4.39 Å². The summed E-state index contributed by atoms with van der Waals surface area (Å²) in [6.07, 6.45) is -8.35. The number of nitrogens with one attached hydrogen (secondary N) is 1. The van der Waals surface area contributed by atoms with Crippen LogP contribution >= 0.6 is 7.82 Å². The number of ether oxygens (including phenoxy) is 1. The van der Waals surface area contributed by atoms with Crippen molar-refractivity contribution in [3.63, 3.8) is 0 Å². The van der Waals surface area contributed by atoms with E-state index in [1.807, 2.05) is 5.32 Å². The summed E-state index contributed by atoms with van der Waals surface area (Å²) in [5.41, 5.74) is 0.0859. The molecule has 31 heavy (non-hydrogen) atoms. The first-order valence-electron chi connectivity index (χ1n) is 9.97. The predicted octanol–water partition coefficient (Wildman–Crippen LogP) is 1.32. The molecule has 1 amide bonds. The zero-order chi connectivity index (χ0) is 25.3. The minimum absolute atomic E-state index is 0.0859. The van der Waals surface area contributed by atoms with Crippen LogP contribution in [0.15, 0.2) is 42.6 Å². The van der Waals surface area contributed by atoms with Gasteiger partial charge in [-0.25, -0.2) is 13.3 Å². The Bertz CT molecular complexity index is 1160. The number of phosphoric ester groups is 1. The average Bonchev–Trinajstić information content (AvgIpc) is 2.92. The molecule has 10 nitrogen and oxygen atoms in total. The maximum atomic E-state index is 15.8. The average molecular weight is 467 g/mol. The third kappa shape index (κ3) is 3.95. The standard InChI is InChI=1S/C17H16F3N2O8P/c1-8-21-15(25)11(19)5-22(8)16-13(23)14(24)17(20,29-16)7-28-31(26)27-6-9-4-10(18)2-3-12(9)30-31/h2-5,13-14,16,23-24H,1,6-7H2,(H,21,25)/t13-,14+,16-,17-,31?/m1/s1/i7D2,16D. The first kappa shape index (κ1) is 18.2. The van der Waals surface area contributed by atoms with Crippen molar-refractivity contribution < 1.29 is 55.2 Å². The monoisotopic (exact) mass is 467 g/mol. The second kappa shape index (κ2) is 7.62. The van der Waals surface area contributed by atoms with Crippen LogP contribution in [0.3, 0.4) is 0 Å². The topological polar surface area (TPSA) is 127 Å². The highest BCUT2D eigenvalue weighted by atomic mass is 31.2. The van der Waals surface area contributed by atoms with Crippen LogP contribution in [0.2, 0.25) is 0 Å². The molecule has 4 rings (SSSR count). The molecular formula is C17H16F3N2O8P. The molecule has 3 aliphatic rings. The van der Waals surface area contributed by atoms with Gasteiger partial charge in [-0.1, -0.05) is 6.58 Å². The predicted molar refractivity (Wildman–Crippen MR) is 94.4 cm³/mol. The number of hydrogen-bond acceptors (Lipinski definition) is 9. The van der Waals surface area contributed by atoms with Crippen molar-refractivity contribution in [2.24, 2.45) is 0 Å².